The van der Waals surface area contributed by atoms with E-state index >= 15 is 0 Å². The van der Waals surface area contributed by atoms with Gasteiger partial charge in [0.1, 0.15) is 0 Å². The summed E-state index contributed by atoms with van der Waals surface area (Å²) in [7, 11) is 0. The zero-order valence-electron chi connectivity index (χ0n) is 8.00. The van der Waals surface area contributed by atoms with Crippen molar-refractivity contribution in [3.8, 4) is 0 Å². The Labute approximate surface area is 75.1 Å². The predicted molar refractivity (Wildman–Crippen MR) is 50.9 cm³/mol. The van der Waals surface area contributed by atoms with Crippen molar-refractivity contribution in [1.29, 1.82) is 0 Å². The van der Waals surface area contributed by atoms with Crippen molar-refractivity contribution in [2.45, 2.75) is 32.2 Å². The van der Waals surface area contributed by atoms with Gasteiger partial charge < -0.3 is 10.6 Å². The van der Waals surface area contributed by atoms with Gasteiger partial charge in [0, 0.05) is 12.6 Å². The first-order valence-electron chi connectivity index (χ1n) is 5.23. The van der Waals surface area contributed by atoms with Crippen LogP contribution in [0.3, 0.4) is 0 Å². The lowest BCUT2D eigenvalue weighted by molar-refractivity contribution is 0.203. The molecule has 0 aromatic heterocycles. The third kappa shape index (κ3) is 1.99. The van der Waals surface area contributed by atoms with E-state index in [0.717, 1.165) is 11.8 Å². The van der Waals surface area contributed by atoms with Crippen molar-refractivity contribution in [1.82, 2.24) is 4.90 Å². The molecule has 70 valence electrons. The van der Waals surface area contributed by atoms with Crippen LogP contribution in [-0.2, 0) is 0 Å². The van der Waals surface area contributed by atoms with Gasteiger partial charge in [-0.05, 0) is 44.2 Å². The van der Waals surface area contributed by atoms with E-state index in [-0.39, 0.29) is 0 Å². The summed E-state index contributed by atoms with van der Waals surface area (Å²) in [6, 6.07) is 0.484. The maximum atomic E-state index is 5.84. The number of nitrogens with two attached hydrogens (primary N) is 1. The predicted octanol–water partition coefficient (Wildman–Crippen LogP) is 1.07. The van der Waals surface area contributed by atoms with Gasteiger partial charge in [0.05, 0.1) is 0 Å². The average molecular weight is 168 g/mol. The molecule has 1 aliphatic carbocycles. The molecule has 0 aromatic rings. The number of piperidine rings is 1. The van der Waals surface area contributed by atoms with E-state index in [0.29, 0.717) is 6.04 Å². The Morgan fingerprint density at radius 3 is 2.42 bits per heavy atom. The molecule has 1 heterocycles. The van der Waals surface area contributed by atoms with Crippen LogP contribution < -0.4 is 5.73 Å². The molecular weight excluding hydrogens is 148 g/mol. The number of hydrogen-bond acceptors (Lipinski definition) is 2. The van der Waals surface area contributed by atoms with E-state index in [2.05, 4.69) is 11.8 Å². The third-order valence-corrected chi connectivity index (χ3v) is 3.40. The Bertz CT molecular complexity index is 150. The molecule has 2 aliphatic rings. The number of likely N-dealkylation sites (tertiary alicyclic amines) is 1. The Morgan fingerprint density at radius 2 is 1.92 bits per heavy atom. The highest BCUT2D eigenvalue weighted by atomic mass is 15.1. The molecule has 2 rings (SSSR count). The van der Waals surface area contributed by atoms with E-state index in [4.69, 9.17) is 5.73 Å². The SMILES string of the molecule is CC1CC1CN1CCC(N)CC1. The molecule has 1 saturated carbocycles. The van der Waals surface area contributed by atoms with E-state index in [1.807, 2.05) is 0 Å². The minimum absolute atomic E-state index is 0.484. The summed E-state index contributed by atoms with van der Waals surface area (Å²) in [6.07, 6.45) is 3.88. The summed E-state index contributed by atoms with van der Waals surface area (Å²) in [4.78, 5) is 2.59. The van der Waals surface area contributed by atoms with Crippen LogP contribution in [0.2, 0.25) is 0 Å². The van der Waals surface area contributed by atoms with Crippen molar-refractivity contribution >= 4 is 0 Å². The van der Waals surface area contributed by atoms with Gasteiger partial charge in [0.2, 0.25) is 0 Å². The van der Waals surface area contributed by atoms with Gasteiger partial charge in [-0.25, -0.2) is 0 Å². The minimum Gasteiger partial charge on any atom is -0.328 e. The van der Waals surface area contributed by atoms with Crippen molar-refractivity contribution in [2.24, 2.45) is 17.6 Å². The number of hydrogen-bond donors (Lipinski definition) is 1. The molecule has 2 unspecified atom stereocenters. The van der Waals surface area contributed by atoms with Gasteiger partial charge in [0.25, 0.3) is 0 Å². The fourth-order valence-electron chi connectivity index (χ4n) is 2.12. The van der Waals surface area contributed by atoms with Crippen molar-refractivity contribution in [2.75, 3.05) is 19.6 Å². The van der Waals surface area contributed by atoms with Crippen molar-refractivity contribution < 1.29 is 0 Å². The average Bonchev–Trinajstić information content (AvgIpc) is 2.72. The highest BCUT2D eigenvalue weighted by Gasteiger charge is 2.34. The molecule has 2 nitrogen and oxygen atoms in total. The maximum absolute atomic E-state index is 5.84. The summed E-state index contributed by atoms with van der Waals surface area (Å²) in [5.74, 6) is 2.01. The maximum Gasteiger partial charge on any atom is 0.00631 e. The standard InChI is InChI=1S/C10H20N2/c1-8-6-9(8)7-12-4-2-10(11)3-5-12/h8-10H,2-7,11H2,1H3. The lowest BCUT2D eigenvalue weighted by atomic mass is 10.1. The highest BCUT2D eigenvalue weighted by molar-refractivity contribution is 4.86. The first-order chi connectivity index (χ1) is 5.75. The van der Waals surface area contributed by atoms with E-state index in [9.17, 15) is 0 Å². The highest BCUT2D eigenvalue weighted by Crippen LogP contribution is 2.38. The summed E-state index contributed by atoms with van der Waals surface area (Å²) in [6.45, 7) is 6.18. The van der Waals surface area contributed by atoms with Crippen molar-refractivity contribution in [3.63, 3.8) is 0 Å². The summed E-state index contributed by atoms with van der Waals surface area (Å²) in [5.41, 5.74) is 5.84. The smallest absolute Gasteiger partial charge is 0.00631 e. The van der Waals surface area contributed by atoms with Gasteiger partial charge in [0.15, 0.2) is 0 Å². The molecule has 0 amide bonds. The fraction of sp³-hybridized carbons (Fsp3) is 1.00. The topological polar surface area (TPSA) is 29.3 Å². The summed E-state index contributed by atoms with van der Waals surface area (Å²) in [5, 5.41) is 0. The second-order valence-corrected chi connectivity index (χ2v) is 4.61. The molecule has 2 atom stereocenters. The Morgan fingerprint density at radius 1 is 1.33 bits per heavy atom. The zero-order valence-corrected chi connectivity index (χ0v) is 8.00. The minimum atomic E-state index is 0.484. The number of nitrogens with zero attached hydrogens (tertiary/aromatic N) is 1. The van der Waals surface area contributed by atoms with E-state index in [1.54, 1.807) is 0 Å². The summed E-state index contributed by atoms with van der Waals surface area (Å²) >= 11 is 0. The Kier molecular flexibility index (Phi) is 2.37. The quantitative estimate of drug-likeness (QED) is 0.668. The molecular formula is C10H20N2. The third-order valence-electron chi connectivity index (χ3n) is 3.40. The molecule has 0 aromatic carbocycles. The normalized spacial score (nSPS) is 38.5. The second kappa shape index (κ2) is 3.35. The van der Waals surface area contributed by atoms with Crippen LogP contribution in [0.5, 0.6) is 0 Å². The van der Waals surface area contributed by atoms with Crippen LogP contribution in [-0.4, -0.2) is 30.6 Å². The Hall–Kier alpha value is -0.0800. The molecule has 0 radical (unpaired) electrons. The van der Waals surface area contributed by atoms with Gasteiger partial charge in [-0.3, -0.25) is 0 Å². The lowest BCUT2D eigenvalue weighted by Crippen LogP contribution is -2.40. The van der Waals surface area contributed by atoms with Crippen LogP contribution in [0.15, 0.2) is 0 Å². The molecule has 2 fully saturated rings. The van der Waals surface area contributed by atoms with E-state index < -0.39 is 0 Å². The molecule has 2 N–H and O–H groups in total. The molecule has 2 heteroatoms. The monoisotopic (exact) mass is 168 g/mol. The first kappa shape index (κ1) is 8.52. The summed E-state index contributed by atoms with van der Waals surface area (Å²) < 4.78 is 0. The lowest BCUT2D eigenvalue weighted by Gasteiger charge is -2.30. The van der Waals surface area contributed by atoms with Crippen molar-refractivity contribution in [3.05, 3.63) is 0 Å². The van der Waals surface area contributed by atoms with Gasteiger partial charge >= 0.3 is 0 Å². The Balaban J connectivity index is 1.68. The molecule has 1 saturated heterocycles. The van der Waals surface area contributed by atoms with Gasteiger partial charge in [-0.1, -0.05) is 6.92 Å². The molecule has 1 aliphatic heterocycles. The largest absolute Gasteiger partial charge is 0.328 e. The van der Waals surface area contributed by atoms with Crippen LogP contribution in [0, 0.1) is 11.8 Å². The van der Waals surface area contributed by atoms with Crippen LogP contribution in [0.25, 0.3) is 0 Å². The fourth-order valence-corrected chi connectivity index (χ4v) is 2.12. The second-order valence-electron chi connectivity index (χ2n) is 4.61. The van der Waals surface area contributed by atoms with Gasteiger partial charge in [-0.15, -0.1) is 0 Å². The number of rotatable bonds is 2. The first-order valence-corrected chi connectivity index (χ1v) is 5.23. The van der Waals surface area contributed by atoms with Crippen LogP contribution in [0.1, 0.15) is 26.2 Å². The zero-order chi connectivity index (χ0) is 8.55. The van der Waals surface area contributed by atoms with Crippen LogP contribution >= 0.6 is 0 Å². The van der Waals surface area contributed by atoms with Gasteiger partial charge in [-0.2, -0.15) is 0 Å². The van der Waals surface area contributed by atoms with Crippen LogP contribution in [0.4, 0.5) is 0 Å². The molecule has 0 bridgehead atoms. The molecule has 12 heavy (non-hydrogen) atoms. The van der Waals surface area contributed by atoms with E-state index in [1.165, 1.54) is 38.9 Å². The molecule has 0 spiro atoms.